The zero-order valence-electron chi connectivity index (χ0n) is 23.9. The van der Waals surface area contributed by atoms with E-state index < -0.39 is 11.6 Å². The van der Waals surface area contributed by atoms with Crippen molar-refractivity contribution < 1.29 is 18.0 Å². The third-order valence-corrected chi connectivity index (χ3v) is 8.34. The van der Waals surface area contributed by atoms with Gasteiger partial charge in [-0.05, 0) is 61.3 Å². The molecule has 4 heterocycles. The van der Waals surface area contributed by atoms with E-state index in [4.69, 9.17) is 15.0 Å². The van der Waals surface area contributed by atoms with Crippen LogP contribution < -0.4 is 20.3 Å². The van der Waals surface area contributed by atoms with E-state index in [-0.39, 0.29) is 30.3 Å². The molecule has 2 saturated heterocycles. The molecule has 2 fully saturated rings. The van der Waals surface area contributed by atoms with Gasteiger partial charge in [0, 0.05) is 44.1 Å². The number of piperidine rings is 2. The Morgan fingerprint density at radius 1 is 1.05 bits per heavy atom. The summed E-state index contributed by atoms with van der Waals surface area (Å²) in [5.74, 6) is 2.23. The van der Waals surface area contributed by atoms with Gasteiger partial charge < -0.3 is 24.8 Å². The monoisotopic (exact) mass is 591 g/mol. The highest BCUT2D eigenvalue weighted by molar-refractivity contribution is 5.85. The van der Waals surface area contributed by atoms with E-state index in [1.165, 1.54) is 6.07 Å². The highest BCUT2D eigenvalue weighted by atomic mass is 35.5. The van der Waals surface area contributed by atoms with E-state index in [2.05, 4.69) is 45.8 Å². The lowest BCUT2D eigenvalue weighted by molar-refractivity contribution is 0.216. The van der Waals surface area contributed by atoms with Crippen LogP contribution in [0.4, 0.5) is 20.6 Å². The van der Waals surface area contributed by atoms with E-state index in [1.54, 1.807) is 12.4 Å². The second-order valence-electron chi connectivity index (χ2n) is 11.4. The molecular formula is C29H40ClF2N7O2. The minimum Gasteiger partial charge on any atom is -0.477 e. The first kappa shape index (κ1) is 30.9. The fourth-order valence-electron chi connectivity index (χ4n) is 5.76. The fourth-order valence-corrected chi connectivity index (χ4v) is 5.76. The van der Waals surface area contributed by atoms with E-state index in [0.29, 0.717) is 61.2 Å². The summed E-state index contributed by atoms with van der Waals surface area (Å²) >= 11 is 0. The molecule has 2 aromatic heterocycles. The van der Waals surface area contributed by atoms with Crippen LogP contribution >= 0.6 is 12.4 Å². The topological polar surface area (TPSA) is 106 Å². The average molecular weight is 592 g/mol. The van der Waals surface area contributed by atoms with Gasteiger partial charge in [0.2, 0.25) is 5.88 Å². The van der Waals surface area contributed by atoms with Crippen molar-refractivity contribution in [2.75, 3.05) is 42.6 Å². The van der Waals surface area contributed by atoms with Gasteiger partial charge in [0.05, 0.1) is 19.0 Å². The molecule has 9 nitrogen and oxygen atoms in total. The average Bonchev–Trinajstić information content (AvgIpc) is 3.46. The van der Waals surface area contributed by atoms with Crippen molar-refractivity contribution in [2.24, 2.45) is 17.6 Å². The van der Waals surface area contributed by atoms with E-state index in [9.17, 15) is 8.78 Å². The normalized spacial score (nSPS) is 20.7. The van der Waals surface area contributed by atoms with Crippen LogP contribution in [0.3, 0.4) is 0 Å². The van der Waals surface area contributed by atoms with Crippen LogP contribution in [0.2, 0.25) is 0 Å². The summed E-state index contributed by atoms with van der Waals surface area (Å²) in [4.78, 5) is 17.7. The van der Waals surface area contributed by atoms with Crippen molar-refractivity contribution in [3.05, 3.63) is 53.6 Å². The molecule has 0 bridgehead atoms. The Balaban J connectivity index is 0.00000387. The quantitative estimate of drug-likeness (QED) is 0.353. The molecule has 224 valence electrons. The molecule has 12 heteroatoms. The van der Waals surface area contributed by atoms with Crippen molar-refractivity contribution in [1.82, 2.24) is 20.1 Å². The Bertz CT molecular complexity index is 1250. The SMILES string of the molecule is CC(C)c1noc(N2CCC(C(C)CCOc3cnc(N4CC[C@H](c5cc(F)ccc5F)[C@@H](N)C4)cn3)CC2)n1.Cl. The van der Waals surface area contributed by atoms with E-state index in [0.717, 1.165) is 50.3 Å². The molecule has 0 spiro atoms. The molecule has 0 saturated carbocycles. The number of rotatable bonds is 9. The van der Waals surface area contributed by atoms with Gasteiger partial charge in [-0.1, -0.05) is 25.9 Å². The number of ether oxygens (including phenoxy) is 1. The zero-order valence-corrected chi connectivity index (χ0v) is 24.7. The molecular weight excluding hydrogens is 552 g/mol. The van der Waals surface area contributed by atoms with Crippen LogP contribution in [-0.2, 0) is 0 Å². The molecule has 0 aliphatic carbocycles. The zero-order chi connectivity index (χ0) is 28.2. The number of aromatic nitrogens is 4. The molecule has 0 amide bonds. The Kier molecular flexibility index (Phi) is 10.4. The largest absolute Gasteiger partial charge is 0.477 e. The van der Waals surface area contributed by atoms with Gasteiger partial charge in [-0.15, -0.1) is 12.4 Å². The van der Waals surface area contributed by atoms with Crippen molar-refractivity contribution >= 4 is 24.2 Å². The Morgan fingerprint density at radius 2 is 1.80 bits per heavy atom. The summed E-state index contributed by atoms with van der Waals surface area (Å²) in [6.45, 7) is 9.93. The molecule has 2 aliphatic rings. The first-order valence-corrected chi connectivity index (χ1v) is 14.3. The number of halogens is 3. The first-order chi connectivity index (χ1) is 19.3. The van der Waals surface area contributed by atoms with Crippen molar-refractivity contribution in [2.45, 2.75) is 64.3 Å². The lowest BCUT2D eigenvalue weighted by Gasteiger charge is -2.37. The maximum absolute atomic E-state index is 14.3. The minimum atomic E-state index is -0.451. The van der Waals surface area contributed by atoms with Crippen LogP contribution in [-0.4, -0.2) is 58.9 Å². The van der Waals surface area contributed by atoms with Crippen LogP contribution in [0.15, 0.2) is 35.1 Å². The highest BCUT2D eigenvalue weighted by Crippen LogP contribution is 2.32. The molecule has 1 unspecified atom stereocenters. The van der Waals surface area contributed by atoms with Gasteiger partial charge >= 0.3 is 6.01 Å². The van der Waals surface area contributed by atoms with Crippen molar-refractivity contribution in [3.63, 3.8) is 0 Å². The third-order valence-electron chi connectivity index (χ3n) is 8.34. The fraction of sp³-hybridized carbons (Fsp3) is 0.586. The molecule has 2 N–H and O–H groups in total. The summed E-state index contributed by atoms with van der Waals surface area (Å²) in [5, 5.41) is 4.08. The predicted octanol–water partition coefficient (Wildman–Crippen LogP) is 5.33. The molecule has 3 atom stereocenters. The van der Waals surface area contributed by atoms with Gasteiger partial charge in [0.15, 0.2) is 5.82 Å². The number of anilines is 2. The summed E-state index contributed by atoms with van der Waals surface area (Å²) < 4.78 is 39.3. The van der Waals surface area contributed by atoms with Gasteiger partial charge in [-0.25, -0.2) is 18.7 Å². The van der Waals surface area contributed by atoms with Crippen LogP contribution in [0.1, 0.15) is 69.7 Å². The number of nitrogens with zero attached hydrogens (tertiary/aromatic N) is 6. The maximum Gasteiger partial charge on any atom is 0.324 e. The van der Waals surface area contributed by atoms with Crippen LogP contribution in [0, 0.1) is 23.5 Å². The predicted molar refractivity (Wildman–Crippen MR) is 156 cm³/mol. The van der Waals surface area contributed by atoms with Gasteiger partial charge in [-0.3, -0.25) is 0 Å². The summed E-state index contributed by atoms with van der Waals surface area (Å²) in [5.41, 5.74) is 6.72. The number of benzene rings is 1. The Labute approximate surface area is 246 Å². The standard InChI is InChI=1S/C29H39F2N7O2.ClH/c1-18(2)28-35-29(40-36-28)37-10-6-20(7-11-37)19(3)9-13-39-27-16-33-26(15-34-27)38-12-8-22(25(32)17-38)23-14-21(30)4-5-24(23)31;/h4-5,14-16,18-20,22,25H,6-13,17,32H2,1-3H3;1H/t19?,22-,25+;/m1./s1. The van der Waals surface area contributed by atoms with Crippen LogP contribution in [0.25, 0.3) is 0 Å². The molecule has 5 rings (SSSR count). The Hall–Kier alpha value is -3.05. The number of nitrogens with two attached hydrogens (primary N) is 1. The maximum atomic E-state index is 14.3. The van der Waals surface area contributed by atoms with Crippen molar-refractivity contribution in [3.8, 4) is 5.88 Å². The van der Waals surface area contributed by atoms with Gasteiger partial charge in [0.25, 0.3) is 0 Å². The molecule has 41 heavy (non-hydrogen) atoms. The third kappa shape index (κ3) is 7.43. The highest BCUT2D eigenvalue weighted by Gasteiger charge is 2.31. The number of hydrogen-bond donors (Lipinski definition) is 1. The molecule has 3 aromatic rings. The van der Waals surface area contributed by atoms with E-state index in [1.807, 2.05) is 4.90 Å². The second kappa shape index (κ2) is 13.7. The molecule has 0 radical (unpaired) electrons. The second-order valence-corrected chi connectivity index (χ2v) is 11.4. The van der Waals surface area contributed by atoms with Gasteiger partial charge in [0.1, 0.15) is 17.5 Å². The summed E-state index contributed by atoms with van der Waals surface area (Å²) in [6.07, 6.45) is 7.03. The lowest BCUT2D eigenvalue weighted by Crippen LogP contribution is -2.48. The first-order valence-electron chi connectivity index (χ1n) is 14.3. The smallest absolute Gasteiger partial charge is 0.324 e. The summed E-state index contributed by atoms with van der Waals surface area (Å²) in [6, 6.07) is 3.83. The van der Waals surface area contributed by atoms with Crippen LogP contribution in [0.5, 0.6) is 5.88 Å². The number of hydrogen-bond acceptors (Lipinski definition) is 9. The molecule has 2 aliphatic heterocycles. The minimum absolute atomic E-state index is 0. The summed E-state index contributed by atoms with van der Waals surface area (Å²) in [7, 11) is 0. The van der Waals surface area contributed by atoms with E-state index >= 15 is 0 Å². The molecule has 1 aromatic carbocycles. The lowest BCUT2D eigenvalue weighted by atomic mass is 9.84. The Morgan fingerprint density at radius 3 is 2.46 bits per heavy atom. The van der Waals surface area contributed by atoms with Crippen molar-refractivity contribution in [1.29, 1.82) is 0 Å². The van der Waals surface area contributed by atoms with Gasteiger partial charge in [-0.2, -0.15) is 4.98 Å².